The number of benzene rings is 2. The van der Waals surface area contributed by atoms with Gasteiger partial charge in [0.15, 0.2) is 0 Å². The van der Waals surface area contributed by atoms with E-state index >= 15 is 0 Å². The quantitative estimate of drug-likeness (QED) is 0.112. The third-order valence-corrected chi connectivity index (χ3v) is 7.42. The van der Waals surface area contributed by atoms with Crippen molar-refractivity contribution in [2.45, 2.75) is 111 Å². The van der Waals surface area contributed by atoms with Gasteiger partial charge in [-0.05, 0) is 86.8 Å². The Labute approximate surface area is 242 Å². The standard InChI is InChI=1S/C35H48N2.Ni/c1-5-9-13-14-15-19-33-32(18-12-8-4)34(30-24-20-28(21-25-30)16-10-6-2)37(36)35(33)31-26-22-29(23-27-31)17-11-7-3;/h15,19-27H,5-14,16-18H2,1-4H3;. The Hall–Kier alpha value is -2.25. The van der Waals surface area contributed by atoms with Crippen LogP contribution in [0.25, 0.3) is 16.9 Å². The molecule has 38 heavy (non-hydrogen) atoms. The van der Waals surface area contributed by atoms with Crippen LogP contribution in [0.5, 0.6) is 0 Å². The monoisotopic (exact) mass is 554 g/mol. The van der Waals surface area contributed by atoms with Crippen molar-refractivity contribution >= 4 is 11.4 Å². The Morgan fingerprint density at radius 2 is 1.08 bits per heavy atom. The fourth-order valence-electron chi connectivity index (χ4n) is 5.12. The largest absolute Gasteiger partial charge is 0.493 e. The topological polar surface area (TPSA) is 25.3 Å². The first kappa shape index (κ1) is 32.0. The van der Waals surface area contributed by atoms with Gasteiger partial charge in [0, 0.05) is 33.2 Å². The van der Waals surface area contributed by atoms with Gasteiger partial charge >= 0.3 is 0 Å². The number of unbranched alkanes of at least 4 members (excludes halogenated alkanes) is 6. The minimum absolute atomic E-state index is 0. The van der Waals surface area contributed by atoms with Crippen molar-refractivity contribution in [1.82, 2.24) is 0 Å². The van der Waals surface area contributed by atoms with Gasteiger partial charge in [0.25, 0.3) is 0 Å². The smallest absolute Gasteiger partial charge is 0.215 e. The van der Waals surface area contributed by atoms with E-state index in [0.29, 0.717) is 0 Å². The maximum Gasteiger partial charge on any atom is 0.215 e. The molecule has 2 aromatic rings. The van der Waals surface area contributed by atoms with Crippen LogP contribution in [-0.4, -0.2) is 4.70 Å². The van der Waals surface area contributed by atoms with Crippen LogP contribution in [0.2, 0.25) is 0 Å². The summed E-state index contributed by atoms with van der Waals surface area (Å²) in [6.45, 7) is 8.97. The van der Waals surface area contributed by atoms with Gasteiger partial charge in [-0.3, -0.25) is 0 Å². The SMILES string of the molecule is CCCCCC=CC1=C(c2ccc(CCCC)cc2)[N+](=[N-])C(c2ccc(CCCC)cc2)=C1CCCC.[Ni]. The van der Waals surface area contributed by atoms with Crippen molar-refractivity contribution in [3.63, 3.8) is 0 Å². The predicted octanol–water partition coefficient (Wildman–Crippen LogP) is 10.9. The molecule has 3 heteroatoms. The molecule has 2 nitrogen and oxygen atoms in total. The van der Waals surface area contributed by atoms with Crippen LogP contribution in [-0.2, 0) is 29.3 Å². The molecular weight excluding hydrogens is 507 g/mol. The molecule has 0 radical (unpaired) electrons. The fraction of sp³-hybridized carbons (Fsp3) is 0.486. The number of hydrogen-bond donors (Lipinski definition) is 0. The number of hydrogen-bond acceptors (Lipinski definition) is 0. The molecule has 0 fully saturated rings. The molecule has 0 unspecified atom stereocenters. The first-order valence-electron chi connectivity index (χ1n) is 15.0. The molecule has 3 rings (SSSR count). The second-order valence-corrected chi connectivity index (χ2v) is 10.5. The Morgan fingerprint density at radius 1 is 0.605 bits per heavy atom. The maximum atomic E-state index is 11.7. The summed E-state index contributed by atoms with van der Waals surface area (Å²) >= 11 is 0. The zero-order chi connectivity index (χ0) is 26.5. The minimum atomic E-state index is 0. The van der Waals surface area contributed by atoms with Gasteiger partial charge in [-0.1, -0.05) is 96.2 Å². The summed E-state index contributed by atoms with van der Waals surface area (Å²) in [6.07, 6.45) is 19.6. The fourth-order valence-corrected chi connectivity index (χ4v) is 5.12. The van der Waals surface area contributed by atoms with E-state index in [1.807, 2.05) is 0 Å². The van der Waals surface area contributed by atoms with Gasteiger partial charge in [-0.15, -0.1) is 0 Å². The molecular formula is C35H48N2Ni. The van der Waals surface area contributed by atoms with Crippen molar-refractivity contribution < 1.29 is 21.2 Å². The molecule has 1 aliphatic rings. The average molecular weight is 555 g/mol. The van der Waals surface area contributed by atoms with E-state index in [-0.39, 0.29) is 16.5 Å². The van der Waals surface area contributed by atoms with Gasteiger partial charge in [-0.25, -0.2) is 4.70 Å². The summed E-state index contributed by atoms with van der Waals surface area (Å²) in [5, 5.41) is 0. The van der Waals surface area contributed by atoms with Gasteiger partial charge in [0.05, 0.1) is 5.57 Å². The van der Waals surface area contributed by atoms with Crippen molar-refractivity contribution in [1.29, 1.82) is 0 Å². The number of nitrogens with zero attached hydrogens (tertiary/aromatic N) is 2. The van der Waals surface area contributed by atoms with Crippen LogP contribution >= 0.6 is 0 Å². The van der Waals surface area contributed by atoms with Gasteiger partial charge < -0.3 is 5.53 Å². The second kappa shape index (κ2) is 17.4. The van der Waals surface area contributed by atoms with Crippen molar-refractivity contribution in [3.05, 3.63) is 99.6 Å². The normalized spacial score (nSPS) is 13.6. The van der Waals surface area contributed by atoms with Crippen LogP contribution in [0.3, 0.4) is 0 Å². The van der Waals surface area contributed by atoms with E-state index in [1.54, 1.807) is 0 Å². The number of allylic oxidation sites excluding steroid dienone is 4. The van der Waals surface area contributed by atoms with E-state index in [4.69, 9.17) is 0 Å². The molecule has 2 aromatic carbocycles. The van der Waals surface area contributed by atoms with E-state index in [9.17, 15) is 5.53 Å². The Balaban J connectivity index is 0.00000507. The van der Waals surface area contributed by atoms with Crippen LogP contribution in [0.1, 0.15) is 121 Å². The predicted molar refractivity (Wildman–Crippen MR) is 160 cm³/mol. The first-order chi connectivity index (χ1) is 18.1. The summed E-state index contributed by atoms with van der Waals surface area (Å²) in [7, 11) is 0. The zero-order valence-corrected chi connectivity index (χ0v) is 25.2. The molecule has 0 bridgehead atoms. The van der Waals surface area contributed by atoms with Crippen molar-refractivity contribution in [2.24, 2.45) is 0 Å². The molecule has 1 aliphatic heterocycles. The zero-order valence-electron chi connectivity index (χ0n) is 24.2. The summed E-state index contributed by atoms with van der Waals surface area (Å²) in [6, 6.07) is 17.8. The summed E-state index contributed by atoms with van der Waals surface area (Å²) in [5.74, 6) is 0. The van der Waals surface area contributed by atoms with Crippen LogP contribution in [0, 0.1) is 0 Å². The van der Waals surface area contributed by atoms with Crippen LogP contribution in [0.4, 0.5) is 0 Å². The van der Waals surface area contributed by atoms with E-state index in [0.717, 1.165) is 61.0 Å². The molecule has 0 spiro atoms. The molecule has 0 aromatic heterocycles. The van der Waals surface area contributed by atoms with Gasteiger partial charge in [0.1, 0.15) is 0 Å². The molecule has 0 atom stereocenters. The molecule has 0 amide bonds. The van der Waals surface area contributed by atoms with Crippen molar-refractivity contribution in [3.8, 4) is 0 Å². The second-order valence-electron chi connectivity index (χ2n) is 10.5. The van der Waals surface area contributed by atoms with Crippen LogP contribution < -0.4 is 0 Å². The molecule has 0 saturated carbocycles. The van der Waals surface area contributed by atoms with E-state index in [1.165, 1.54) is 71.9 Å². The third kappa shape index (κ3) is 8.64. The van der Waals surface area contributed by atoms with Crippen molar-refractivity contribution in [2.75, 3.05) is 0 Å². The van der Waals surface area contributed by atoms with Crippen LogP contribution in [0.15, 0.2) is 71.8 Å². The number of aryl methyl sites for hydroxylation is 2. The Bertz CT molecular complexity index is 1090. The number of rotatable bonds is 16. The Kier molecular flexibility index (Phi) is 14.6. The average Bonchev–Trinajstić information content (AvgIpc) is 3.20. The van der Waals surface area contributed by atoms with Gasteiger partial charge in [0.2, 0.25) is 11.4 Å². The van der Waals surface area contributed by atoms with E-state index in [2.05, 4.69) is 88.4 Å². The summed E-state index contributed by atoms with van der Waals surface area (Å²) in [5.41, 5.74) is 21.0. The molecule has 0 saturated heterocycles. The van der Waals surface area contributed by atoms with E-state index < -0.39 is 0 Å². The summed E-state index contributed by atoms with van der Waals surface area (Å²) in [4.78, 5) is 0. The molecule has 0 aliphatic carbocycles. The Morgan fingerprint density at radius 3 is 1.58 bits per heavy atom. The maximum absolute atomic E-state index is 11.7. The third-order valence-electron chi connectivity index (χ3n) is 7.42. The molecule has 1 heterocycles. The summed E-state index contributed by atoms with van der Waals surface area (Å²) < 4.78 is 1.48. The first-order valence-corrected chi connectivity index (χ1v) is 15.0. The van der Waals surface area contributed by atoms with Gasteiger partial charge in [-0.2, -0.15) is 0 Å². The minimum Gasteiger partial charge on any atom is -0.493 e. The molecule has 0 N–H and O–H groups in total. The molecule has 208 valence electrons.